The van der Waals surface area contributed by atoms with Crippen molar-refractivity contribution in [2.24, 2.45) is 0 Å². The summed E-state index contributed by atoms with van der Waals surface area (Å²) in [6.45, 7) is 10.8. The first-order valence-corrected chi connectivity index (χ1v) is 4.62. The maximum Gasteiger partial charge on any atom is 0.109 e. The largest absolute Gasteiger partial charge is 0.465 e. The maximum atomic E-state index is 5.74. The van der Waals surface area contributed by atoms with Gasteiger partial charge in [0.1, 0.15) is 11.5 Å². The fourth-order valence-corrected chi connectivity index (χ4v) is 1.38. The smallest absolute Gasteiger partial charge is 0.109 e. The van der Waals surface area contributed by atoms with Crippen LogP contribution in [0.3, 0.4) is 0 Å². The Kier molecular flexibility index (Phi) is 2.61. The number of furan rings is 1. The molecule has 0 saturated carbocycles. The fraction of sp³-hybridized carbons (Fsp3) is 0.636. The Morgan fingerprint density at radius 2 is 1.67 bits per heavy atom. The van der Waals surface area contributed by atoms with Crippen molar-refractivity contribution in [1.29, 1.82) is 0 Å². The molecule has 0 bridgehead atoms. The molecule has 1 aromatic heterocycles. The van der Waals surface area contributed by atoms with Crippen molar-refractivity contribution >= 4 is 0 Å². The van der Waals surface area contributed by atoms with Crippen LogP contribution in [0.4, 0.5) is 0 Å². The molecule has 0 aliphatic rings. The van der Waals surface area contributed by atoms with Crippen molar-refractivity contribution in [2.45, 2.75) is 46.5 Å². The Morgan fingerprint density at radius 3 is 1.92 bits per heavy atom. The van der Waals surface area contributed by atoms with E-state index in [9.17, 15) is 0 Å². The van der Waals surface area contributed by atoms with Crippen molar-refractivity contribution < 1.29 is 4.42 Å². The van der Waals surface area contributed by atoms with Crippen LogP contribution >= 0.6 is 0 Å². The van der Waals surface area contributed by atoms with Gasteiger partial charge in [-0.1, -0.05) is 27.7 Å². The minimum atomic E-state index is 0.496. The van der Waals surface area contributed by atoms with E-state index in [1.165, 1.54) is 5.56 Å². The summed E-state index contributed by atoms with van der Waals surface area (Å²) in [7, 11) is 0. The lowest BCUT2D eigenvalue weighted by molar-refractivity contribution is 0.430. The van der Waals surface area contributed by atoms with Crippen LogP contribution < -0.4 is 0 Å². The molecule has 0 unspecified atom stereocenters. The van der Waals surface area contributed by atoms with Crippen molar-refractivity contribution in [2.75, 3.05) is 0 Å². The van der Waals surface area contributed by atoms with Crippen LogP contribution in [0.25, 0.3) is 0 Å². The molecule has 1 heteroatoms. The highest BCUT2D eigenvalue weighted by Gasteiger charge is 2.12. The SMILES string of the molecule is Cc1cc(C(C)C)oc1C(C)C. The quantitative estimate of drug-likeness (QED) is 0.650. The zero-order chi connectivity index (χ0) is 9.30. The van der Waals surface area contributed by atoms with Gasteiger partial charge in [-0.3, -0.25) is 0 Å². The molecule has 68 valence electrons. The first-order valence-electron chi connectivity index (χ1n) is 4.62. The molecular formula is C11H18O. The van der Waals surface area contributed by atoms with E-state index in [0.717, 1.165) is 11.5 Å². The molecule has 0 saturated heterocycles. The van der Waals surface area contributed by atoms with Gasteiger partial charge in [0.05, 0.1) is 0 Å². The topological polar surface area (TPSA) is 13.1 Å². The molecule has 1 rings (SSSR count). The van der Waals surface area contributed by atoms with E-state index in [1.807, 2.05) is 0 Å². The van der Waals surface area contributed by atoms with E-state index in [0.29, 0.717) is 11.8 Å². The third-order valence-corrected chi connectivity index (χ3v) is 2.07. The summed E-state index contributed by atoms with van der Waals surface area (Å²) in [6.07, 6.45) is 0. The average Bonchev–Trinajstić information content (AvgIpc) is 2.30. The molecule has 0 amide bonds. The Bertz CT molecular complexity index is 256. The van der Waals surface area contributed by atoms with Crippen LogP contribution in [0, 0.1) is 6.92 Å². The average molecular weight is 166 g/mol. The van der Waals surface area contributed by atoms with Crippen LogP contribution in [0.15, 0.2) is 10.5 Å². The minimum absolute atomic E-state index is 0.496. The van der Waals surface area contributed by atoms with Gasteiger partial charge < -0.3 is 4.42 Å². The molecule has 1 heterocycles. The molecule has 0 N–H and O–H groups in total. The van der Waals surface area contributed by atoms with Crippen molar-refractivity contribution in [3.63, 3.8) is 0 Å². The molecule has 1 aromatic rings. The van der Waals surface area contributed by atoms with Crippen molar-refractivity contribution in [3.05, 3.63) is 23.2 Å². The first kappa shape index (κ1) is 9.37. The van der Waals surface area contributed by atoms with Crippen molar-refractivity contribution in [3.8, 4) is 0 Å². The molecule has 1 nitrogen and oxygen atoms in total. The van der Waals surface area contributed by atoms with Crippen LogP contribution in [0.2, 0.25) is 0 Å². The Labute approximate surface area is 74.8 Å². The number of aryl methyl sites for hydroxylation is 1. The predicted octanol–water partition coefficient (Wildman–Crippen LogP) is 3.83. The Hall–Kier alpha value is -0.720. The van der Waals surface area contributed by atoms with Gasteiger partial charge >= 0.3 is 0 Å². The monoisotopic (exact) mass is 166 g/mol. The van der Waals surface area contributed by atoms with E-state index in [4.69, 9.17) is 4.42 Å². The second kappa shape index (κ2) is 3.34. The minimum Gasteiger partial charge on any atom is -0.465 e. The molecule has 0 radical (unpaired) electrons. The summed E-state index contributed by atoms with van der Waals surface area (Å²) < 4.78 is 5.74. The third-order valence-electron chi connectivity index (χ3n) is 2.07. The van der Waals surface area contributed by atoms with E-state index in [-0.39, 0.29) is 0 Å². The summed E-state index contributed by atoms with van der Waals surface area (Å²) in [5.74, 6) is 3.24. The maximum absolute atomic E-state index is 5.74. The summed E-state index contributed by atoms with van der Waals surface area (Å²) in [5.41, 5.74) is 1.29. The zero-order valence-electron chi connectivity index (χ0n) is 8.64. The van der Waals surface area contributed by atoms with Gasteiger partial charge in [-0.25, -0.2) is 0 Å². The Balaban J connectivity index is 3.00. The summed E-state index contributed by atoms with van der Waals surface area (Å²) in [4.78, 5) is 0. The summed E-state index contributed by atoms with van der Waals surface area (Å²) in [6, 6.07) is 2.15. The first-order chi connectivity index (χ1) is 5.52. The van der Waals surface area contributed by atoms with E-state index < -0.39 is 0 Å². The molecule has 0 aliphatic carbocycles. The normalized spacial score (nSPS) is 11.6. The van der Waals surface area contributed by atoms with Crippen LogP contribution in [-0.2, 0) is 0 Å². The number of hydrogen-bond acceptors (Lipinski definition) is 1. The molecule has 0 spiro atoms. The molecule has 0 fully saturated rings. The van der Waals surface area contributed by atoms with E-state index in [1.54, 1.807) is 0 Å². The lowest BCUT2D eigenvalue weighted by Crippen LogP contribution is -1.85. The van der Waals surface area contributed by atoms with Crippen molar-refractivity contribution in [1.82, 2.24) is 0 Å². The van der Waals surface area contributed by atoms with E-state index >= 15 is 0 Å². The second-order valence-electron chi connectivity index (χ2n) is 4.01. The lowest BCUT2D eigenvalue weighted by atomic mass is 10.1. The fourth-order valence-electron chi connectivity index (χ4n) is 1.38. The van der Waals surface area contributed by atoms with Gasteiger partial charge in [0.15, 0.2) is 0 Å². The lowest BCUT2D eigenvalue weighted by Gasteiger charge is -2.02. The summed E-state index contributed by atoms with van der Waals surface area (Å²) in [5, 5.41) is 0. The zero-order valence-corrected chi connectivity index (χ0v) is 8.64. The van der Waals surface area contributed by atoms with Crippen LogP contribution in [0.1, 0.15) is 56.6 Å². The van der Waals surface area contributed by atoms with Crippen LogP contribution in [0.5, 0.6) is 0 Å². The molecule has 12 heavy (non-hydrogen) atoms. The molecule has 0 atom stereocenters. The molecular weight excluding hydrogens is 148 g/mol. The van der Waals surface area contributed by atoms with Gasteiger partial charge in [-0.15, -0.1) is 0 Å². The van der Waals surface area contributed by atoms with Gasteiger partial charge in [-0.05, 0) is 18.6 Å². The highest BCUT2D eigenvalue weighted by atomic mass is 16.3. The molecule has 0 aliphatic heterocycles. The van der Waals surface area contributed by atoms with E-state index in [2.05, 4.69) is 40.7 Å². The van der Waals surface area contributed by atoms with Gasteiger partial charge in [0.25, 0.3) is 0 Å². The standard InChI is InChI=1S/C11H18O/c1-7(2)10-6-9(5)11(12-10)8(3)4/h6-8H,1-5H3. The van der Waals surface area contributed by atoms with Gasteiger partial charge in [-0.2, -0.15) is 0 Å². The summed E-state index contributed by atoms with van der Waals surface area (Å²) >= 11 is 0. The molecule has 0 aromatic carbocycles. The van der Waals surface area contributed by atoms with Gasteiger partial charge in [0, 0.05) is 11.8 Å². The predicted molar refractivity (Wildman–Crippen MR) is 51.6 cm³/mol. The number of rotatable bonds is 2. The highest BCUT2D eigenvalue weighted by molar-refractivity contribution is 5.23. The van der Waals surface area contributed by atoms with Gasteiger partial charge in [0.2, 0.25) is 0 Å². The second-order valence-corrected chi connectivity index (χ2v) is 4.01. The Morgan fingerprint density at radius 1 is 1.08 bits per heavy atom. The third kappa shape index (κ3) is 1.71. The van der Waals surface area contributed by atoms with Crippen LogP contribution in [-0.4, -0.2) is 0 Å². The number of hydrogen-bond donors (Lipinski definition) is 0. The highest BCUT2D eigenvalue weighted by Crippen LogP contribution is 2.26.